The van der Waals surface area contributed by atoms with Crippen molar-refractivity contribution in [2.45, 2.75) is 18.9 Å². The number of pyridine rings is 1. The van der Waals surface area contributed by atoms with E-state index in [2.05, 4.69) is 20.5 Å². The lowest BCUT2D eigenvalue weighted by atomic mass is 10.1. The number of aromatic nitrogens is 5. The van der Waals surface area contributed by atoms with Crippen LogP contribution in [0.4, 0.5) is 26.8 Å². The topological polar surface area (TPSA) is 140 Å². The number of ether oxygens (including phenoxy) is 2. The van der Waals surface area contributed by atoms with Crippen molar-refractivity contribution < 1.29 is 19.1 Å². The number of nitrogens with zero attached hydrogens (tertiary/aromatic N) is 7. The monoisotopic (exact) mass is 557 g/mol. The van der Waals surface area contributed by atoms with Gasteiger partial charge >= 0.3 is 12.1 Å². The van der Waals surface area contributed by atoms with Crippen LogP contribution in [0.2, 0.25) is 0 Å². The molecular formula is C28H31N9O4. The van der Waals surface area contributed by atoms with Crippen LogP contribution in [-0.2, 0) is 9.47 Å². The van der Waals surface area contributed by atoms with Crippen molar-refractivity contribution in [1.29, 1.82) is 0 Å². The van der Waals surface area contributed by atoms with Crippen molar-refractivity contribution in [2.75, 3.05) is 62.0 Å². The Balaban J connectivity index is 1.27. The minimum Gasteiger partial charge on any atom is -0.453 e. The van der Waals surface area contributed by atoms with Crippen molar-refractivity contribution >= 4 is 40.4 Å². The zero-order valence-corrected chi connectivity index (χ0v) is 22.7. The van der Waals surface area contributed by atoms with E-state index < -0.39 is 0 Å². The van der Waals surface area contributed by atoms with Crippen LogP contribution < -0.4 is 15.5 Å². The second-order valence-electron chi connectivity index (χ2n) is 9.88. The van der Waals surface area contributed by atoms with Crippen molar-refractivity contribution in [3.8, 4) is 11.4 Å². The first kappa shape index (κ1) is 26.4. The first-order valence-electron chi connectivity index (χ1n) is 13.6. The van der Waals surface area contributed by atoms with E-state index in [-0.39, 0.29) is 18.2 Å². The Labute approximate surface area is 236 Å². The lowest BCUT2D eigenvalue weighted by molar-refractivity contribution is 0.106. The molecule has 13 heteroatoms. The van der Waals surface area contributed by atoms with E-state index in [4.69, 9.17) is 24.5 Å². The average Bonchev–Trinajstić information content (AvgIpc) is 3.45. The van der Waals surface area contributed by atoms with E-state index in [1.807, 2.05) is 35.1 Å². The fourth-order valence-electron chi connectivity index (χ4n) is 5.18. The summed E-state index contributed by atoms with van der Waals surface area (Å²) in [5.74, 6) is 1.39. The summed E-state index contributed by atoms with van der Waals surface area (Å²) < 4.78 is 12.4. The van der Waals surface area contributed by atoms with Gasteiger partial charge in [-0.05, 0) is 49.2 Å². The van der Waals surface area contributed by atoms with E-state index in [1.165, 1.54) is 7.11 Å². The van der Waals surface area contributed by atoms with Gasteiger partial charge in [0.2, 0.25) is 0 Å². The van der Waals surface area contributed by atoms with Gasteiger partial charge in [0.1, 0.15) is 5.82 Å². The molecule has 0 atom stereocenters. The van der Waals surface area contributed by atoms with Crippen molar-refractivity contribution in [2.24, 2.45) is 0 Å². The third kappa shape index (κ3) is 5.75. The number of fused-ring (bicyclic) bond motifs is 1. The van der Waals surface area contributed by atoms with Crippen LogP contribution in [-0.4, -0.2) is 88.3 Å². The molecule has 2 saturated heterocycles. The van der Waals surface area contributed by atoms with Gasteiger partial charge in [0, 0.05) is 55.5 Å². The van der Waals surface area contributed by atoms with Crippen LogP contribution in [0.25, 0.3) is 22.4 Å². The summed E-state index contributed by atoms with van der Waals surface area (Å²) in [4.78, 5) is 42.2. The smallest absolute Gasteiger partial charge is 0.409 e. The molecule has 5 heterocycles. The van der Waals surface area contributed by atoms with Crippen molar-refractivity contribution in [3.05, 3.63) is 55.0 Å². The molecule has 41 heavy (non-hydrogen) atoms. The molecule has 4 aromatic rings. The number of amides is 3. The average molecular weight is 558 g/mol. The van der Waals surface area contributed by atoms with Gasteiger partial charge in [-0.25, -0.2) is 24.2 Å². The number of carbonyl (C=O) groups is 2. The number of piperidine rings is 1. The molecule has 0 unspecified atom stereocenters. The summed E-state index contributed by atoms with van der Waals surface area (Å²) in [5, 5.41) is 11.2. The normalized spacial score (nSPS) is 16.0. The van der Waals surface area contributed by atoms with E-state index in [0.717, 1.165) is 48.3 Å². The maximum atomic E-state index is 12.4. The number of morpholine rings is 1. The number of rotatable bonds is 5. The summed E-state index contributed by atoms with van der Waals surface area (Å²) >= 11 is 0. The van der Waals surface area contributed by atoms with E-state index in [1.54, 1.807) is 29.4 Å². The van der Waals surface area contributed by atoms with Gasteiger partial charge in [-0.1, -0.05) is 0 Å². The van der Waals surface area contributed by atoms with Crippen molar-refractivity contribution in [3.63, 3.8) is 0 Å². The third-order valence-electron chi connectivity index (χ3n) is 7.33. The minimum absolute atomic E-state index is 0.0965. The number of benzene rings is 1. The molecule has 3 aromatic heterocycles. The molecule has 0 radical (unpaired) electrons. The van der Waals surface area contributed by atoms with Crippen molar-refractivity contribution in [1.82, 2.24) is 29.6 Å². The molecule has 0 bridgehead atoms. The molecule has 2 aliphatic rings. The molecule has 1 aromatic carbocycles. The number of anilines is 3. The molecule has 0 saturated carbocycles. The van der Waals surface area contributed by atoms with E-state index >= 15 is 0 Å². The number of hydrogen-bond donors (Lipinski definition) is 2. The molecule has 2 aliphatic heterocycles. The molecule has 13 nitrogen and oxygen atoms in total. The highest BCUT2D eigenvalue weighted by Gasteiger charge is 2.28. The standard InChI is InChI=1S/C28H31N9O4/c1-40-28(39)36-12-8-22(9-13-36)37-26-23(18-30-37)25(35-14-16-41-17-15-35)33-24(34-26)19-2-4-20(5-3-19)31-27(38)32-21-6-10-29-11-7-21/h2-7,10-11,18,22H,8-9,12-17H2,1H3,(H2,29,31,32,38). The van der Waals surface area contributed by atoms with Crippen LogP contribution in [0.1, 0.15) is 18.9 Å². The third-order valence-corrected chi connectivity index (χ3v) is 7.33. The van der Waals surface area contributed by atoms with Crippen LogP contribution >= 0.6 is 0 Å². The Hall–Kier alpha value is -4.78. The summed E-state index contributed by atoms with van der Waals surface area (Å²) in [5.41, 5.74) is 2.86. The molecule has 6 rings (SSSR count). The second-order valence-corrected chi connectivity index (χ2v) is 9.88. The predicted octanol–water partition coefficient (Wildman–Crippen LogP) is 3.77. The Morgan fingerprint density at radius 2 is 1.61 bits per heavy atom. The van der Waals surface area contributed by atoms with E-state index in [9.17, 15) is 9.59 Å². The summed E-state index contributed by atoms with van der Waals surface area (Å²) in [6.07, 6.45) is 6.26. The molecule has 0 spiro atoms. The van der Waals surface area contributed by atoms with Gasteiger partial charge in [0.25, 0.3) is 0 Å². The Morgan fingerprint density at radius 1 is 0.927 bits per heavy atom. The van der Waals surface area contributed by atoms with Crippen LogP contribution in [0, 0.1) is 0 Å². The van der Waals surface area contributed by atoms with E-state index in [0.29, 0.717) is 43.5 Å². The lowest BCUT2D eigenvalue weighted by Gasteiger charge is -2.31. The van der Waals surface area contributed by atoms with Gasteiger partial charge in [-0.3, -0.25) is 4.98 Å². The molecule has 2 fully saturated rings. The lowest BCUT2D eigenvalue weighted by Crippen LogP contribution is -2.39. The van der Waals surface area contributed by atoms with Gasteiger partial charge in [0.15, 0.2) is 11.5 Å². The number of hydrogen-bond acceptors (Lipinski definition) is 9. The second kappa shape index (κ2) is 11.8. The number of likely N-dealkylation sites (tertiary alicyclic amines) is 1. The fourth-order valence-corrected chi connectivity index (χ4v) is 5.18. The highest BCUT2D eigenvalue weighted by molar-refractivity contribution is 5.99. The predicted molar refractivity (Wildman–Crippen MR) is 153 cm³/mol. The minimum atomic E-state index is -0.349. The molecule has 3 amide bonds. The highest BCUT2D eigenvalue weighted by Crippen LogP contribution is 2.32. The zero-order chi connectivity index (χ0) is 28.2. The first-order chi connectivity index (χ1) is 20.1. The fraction of sp³-hybridized carbons (Fsp3) is 0.357. The summed E-state index contributed by atoms with van der Waals surface area (Å²) in [7, 11) is 1.40. The van der Waals surface area contributed by atoms with Crippen LogP contribution in [0.3, 0.4) is 0 Å². The maximum absolute atomic E-state index is 12.4. The molecule has 0 aliphatic carbocycles. The summed E-state index contributed by atoms with van der Waals surface area (Å²) in [6.45, 7) is 3.89. The SMILES string of the molecule is COC(=O)N1CCC(n2ncc3c(N4CCOCC4)nc(-c4ccc(NC(=O)Nc5ccncc5)cc4)nc32)CC1. The molecular weight excluding hydrogens is 526 g/mol. The van der Waals surface area contributed by atoms with Gasteiger partial charge in [0.05, 0.1) is 37.9 Å². The maximum Gasteiger partial charge on any atom is 0.409 e. The Morgan fingerprint density at radius 3 is 2.29 bits per heavy atom. The number of urea groups is 1. The molecule has 2 N–H and O–H groups in total. The van der Waals surface area contributed by atoms with Gasteiger partial charge in [-0.2, -0.15) is 5.10 Å². The quantitative estimate of drug-likeness (QED) is 0.375. The Kier molecular flexibility index (Phi) is 7.58. The van der Waals surface area contributed by atoms with Gasteiger partial charge in [-0.15, -0.1) is 0 Å². The molecule has 212 valence electrons. The first-order valence-corrected chi connectivity index (χ1v) is 13.6. The van der Waals surface area contributed by atoms with Crippen LogP contribution in [0.5, 0.6) is 0 Å². The summed E-state index contributed by atoms with van der Waals surface area (Å²) in [6, 6.07) is 10.6. The zero-order valence-electron chi connectivity index (χ0n) is 22.7. The number of nitrogens with one attached hydrogen (secondary N) is 2. The number of carbonyl (C=O) groups excluding carboxylic acids is 2. The Bertz CT molecular complexity index is 1510. The van der Waals surface area contributed by atoms with Crippen LogP contribution in [0.15, 0.2) is 55.0 Å². The highest BCUT2D eigenvalue weighted by atomic mass is 16.5. The largest absolute Gasteiger partial charge is 0.453 e. The van der Waals surface area contributed by atoms with Gasteiger partial charge < -0.3 is 29.9 Å². The number of methoxy groups -OCH3 is 1.